The first kappa shape index (κ1) is 25.6. The van der Waals surface area contributed by atoms with Crippen molar-refractivity contribution in [3.8, 4) is 78.6 Å². The fraction of sp³-hybridized carbons (Fsp3) is 0.226. The summed E-state index contributed by atoms with van der Waals surface area (Å²) >= 11 is 0. The van der Waals surface area contributed by atoms with E-state index in [9.17, 15) is 5.11 Å². The highest BCUT2D eigenvalue weighted by Crippen LogP contribution is 2.46. The summed E-state index contributed by atoms with van der Waals surface area (Å²) in [5, 5.41) is 13.1. The van der Waals surface area contributed by atoms with Crippen molar-refractivity contribution in [2.75, 3.05) is 0 Å². The number of aromatic nitrogens is 3. The summed E-state index contributed by atoms with van der Waals surface area (Å²) in [6, 6.07) is 46.0. The lowest BCUT2D eigenvalue weighted by Gasteiger charge is -2.28. The second-order valence-electron chi connectivity index (χ2n) is 17.4. The van der Waals surface area contributed by atoms with Crippen LogP contribution in [-0.4, -0.2) is 19.6 Å². The van der Waals surface area contributed by atoms with Crippen molar-refractivity contribution in [3.63, 3.8) is 0 Å². The summed E-state index contributed by atoms with van der Waals surface area (Å²) in [6.07, 6.45) is 2.31. The first-order chi connectivity index (χ1) is 40.2. The lowest BCUT2D eigenvalue weighted by molar-refractivity contribution is 0.446. The van der Waals surface area contributed by atoms with Gasteiger partial charge in [-0.2, -0.15) is 0 Å². The highest BCUT2D eigenvalue weighted by Gasteiger charge is 2.30. The van der Waals surface area contributed by atoms with Crippen LogP contribution < -0.4 is 0 Å². The molecule has 0 atom stereocenters. The molecular formula is C62H61N3O. The molecule has 66 heavy (non-hydrogen) atoms. The Morgan fingerprint density at radius 2 is 1.21 bits per heavy atom. The van der Waals surface area contributed by atoms with Gasteiger partial charge in [-0.25, -0.2) is 4.98 Å². The summed E-state index contributed by atoms with van der Waals surface area (Å²) in [6.45, 7) is -20.9. The summed E-state index contributed by atoms with van der Waals surface area (Å²) in [7, 11) is 0. The lowest BCUT2D eigenvalue weighted by Crippen LogP contribution is -2.17. The first-order valence-corrected chi connectivity index (χ1v) is 21.6. The average Bonchev–Trinajstić information content (AvgIpc) is 1.08. The maximum atomic E-state index is 13.1. The molecule has 1 N–H and O–H groups in total. The molecule has 0 radical (unpaired) electrons. The van der Waals surface area contributed by atoms with E-state index in [1.54, 1.807) is 72.9 Å². The van der Waals surface area contributed by atoms with Gasteiger partial charge in [-0.3, -0.25) is 9.55 Å². The molecular weight excluding hydrogens is 803 g/mol. The number of phenolic OH excluding ortho intramolecular Hbond substituents is 1. The summed E-state index contributed by atoms with van der Waals surface area (Å²) in [4.78, 5) is 10.0. The van der Waals surface area contributed by atoms with Gasteiger partial charge in [0.15, 0.2) is 0 Å². The minimum atomic E-state index is -4.17. The van der Waals surface area contributed by atoms with Crippen LogP contribution >= 0.6 is 0 Å². The van der Waals surface area contributed by atoms with Crippen LogP contribution in [0, 0.1) is 6.85 Å². The number of hydrogen-bond acceptors (Lipinski definition) is 3. The van der Waals surface area contributed by atoms with E-state index >= 15 is 0 Å². The van der Waals surface area contributed by atoms with Crippen molar-refractivity contribution in [2.45, 2.75) is 91.4 Å². The Morgan fingerprint density at radius 1 is 0.545 bits per heavy atom. The minimum Gasteiger partial charge on any atom is -0.507 e. The number of fused-ring (bicyclic) bond motifs is 1. The van der Waals surface area contributed by atoms with Crippen LogP contribution in [0.4, 0.5) is 0 Å². The number of rotatable bonds is 9. The highest BCUT2D eigenvalue weighted by molar-refractivity contribution is 5.98. The van der Waals surface area contributed by atoms with Gasteiger partial charge in [-0.05, 0) is 129 Å². The maximum Gasteiger partial charge on any atom is 0.149 e. The fourth-order valence-electron chi connectivity index (χ4n) is 8.43. The van der Waals surface area contributed by atoms with Crippen LogP contribution in [0.5, 0.6) is 5.75 Å². The van der Waals surface area contributed by atoms with Crippen molar-refractivity contribution in [1.29, 1.82) is 0 Å². The third-order valence-electron chi connectivity index (χ3n) is 12.5. The maximum absolute atomic E-state index is 13.1. The number of nitrogens with zero attached hydrogens (tertiary/aromatic N) is 3. The van der Waals surface area contributed by atoms with Crippen LogP contribution in [0.25, 0.3) is 83.9 Å². The van der Waals surface area contributed by atoms with Crippen molar-refractivity contribution >= 4 is 11.0 Å². The largest absolute Gasteiger partial charge is 0.507 e. The molecule has 0 aliphatic heterocycles. The van der Waals surface area contributed by atoms with Crippen LogP contribution in [-0.2, 0) is 16.2 Å². The zero-order valence-electron chi connectivity index (χ0n) is 57.7. The number of hydrogen-bond donors (Lipinski definition) is 1. The van der Waals surface area contributed by atoms with E-state index in [4.69, 9.17) is 38.8 Å². The Kier molecular flexibility index (Phi) is 6.62. The Hall–Kier alpha value is -7.04. The third kappa shape index (κ3) is 8.49. The van der Waals surface area contributed by atoms with Gasteiger partial charge < -0.3 is 5.11 Å². The predicted molar refractivity (Wildman–Crippen MR) is 279 cm³/mol. The second kappa shape index (κ2) is 17.1. The minimum absolute atomic E-state index is 0.130. The van der Waals surface area contributed by atoms with Crippen molar-refractivity contribution in [1.82, 2.24) is 14.5 Å². The van der Waals surface area contributed by atoms with Gasteiger partial charge in [0.1, 0.15) is 11.6 Å². The van der Waals surface area contributed by atoms with Gasteiger partial charge in [0, 0.05) is 57.2 Å². The standard InChI is InChI=1S/C62H61N3O/c1-11-62(9,10)48-29-30-55(51(37-48)43-21-16-13-17-22-43)65-56-24-18-23-50(57(56)64-59(65)52-38-49(60(3,4)5)39-53(58(52)66)61(6,7)8)46-33-45(41-19-14-12-15-20-41)34-47(35-46)54-36-44(31-32-63-54)42-27-25-40(2)26-28-42/h12-39,66H,11H2,1-10H3/i2D3,3D3,4D3,5D3,6D3,7D3,8D3. The van der Waals surface area contributed by atoms with Crippen molar-refractivity contribution in [2.24, 2.45) is 0 Å². The highest BCUT2D eigenvalue weighted by atomic mass is 16.3. The molecule has 0 aliphatic rings. The van der Waals surface area contributed by atoms with E-state index in [1.165, 1.54) is 4.57 Å². The summed E-state index contributed by atoms with van der Waals surface area (Å²) < 4.78 is 184. The Balaban J connectivity index is 1.48. The summed E-state index contributed by atoms with van der Waals surface area (Å²) in [5.74, 6) is -1.82. The Morgan fingerprint density at radius 3 is 1.91 bits per heavy atom. The van der Waals surface area contributed by atoms with Gasteiger partial charge in [0.25, 0.3) is 0 Å². The molecule has 4 nitrogen and oxygen atoms in total. The number of phenols is 1. The van der Waals surface area contributed by atoms with E-state index in [0.29, 0.717) is 62.8 Å². The molecule has 0 saturated carbocycles. The number of pyridine rings is 1. The quantitative estimate of drug-likeness (QED) is 0.157. The van der Waals surface area contributed by atoms with Crippen molar-refractivity contribution in [3.05, 3.63) is 192 Å². The molecule has 7 aromatic carbocycles. The molecule has 9 rings (SSSR count). The van der Waals surface area contributed by atoms with Crippen LogP contribution in [0.1, 0.15) is 119 Å². The van der Waals surface area contributed by atoms with Gasteiger partial charge in [0.2, 0.25) is 0 Å². The van der Waals surface area contributed by atoms with Crippen LogP contribution in [0.2, 0.25) is 0 Å². The second-order valence-corrected chi connectivity index (χ2v) is 17.4. The predicted octanol–water partition coefficient (Wildman–Crippen LogP) is 16.7. The molecule has 0 unspecified atom stereocenters. The van der Waals surface area contributed by atoms with E-state index in [-0.39, 0.29) is 22.7 Å². The normalized spacial score (nSPS) is 18.3. The molecule has 0 fully saturated rings. The van der Waals surface area contributed by atoms with E-state index < -0.39 is 92.5 Å². The van der Waals surface area contributed by atoms with Gasteiger partial charge >= 0.3 is 0 Å². The monoisotopic (exact) mass is 885 g/mol. The fourth-order valence-corrected chi connectivity index (χ4v) is 8.43. The van der Waals surface area contributed by atoms with E-state index in [2.05, 4.69) is 13.8 Å². The van der Waals surface area contributed by atoms with Crippen molar-refractivity contribution < 1.29 is 33.9 Å². The average molecular weight is 885 g/mol. The zero-order valence-corrected chi connectivity index (χ0v) is 36.7. The molecule has 2 aromatic heterocycles. The zero-order chi connectivity index (χ0) is 64.0. The molecule has 0 amide bonds. The molecule has 9 aromatic rings. The Labute approximate surface area is 421 Å². The number of benzene rings is 7. The summed E-state index contributed by atoms with van der Waals surface area (Å²) in [5.41, 5.74) is -4.35. The van der Waals surface area contributed by atoms with E-state index in [1.807, 2.05) is 91.9 Å². The first-order valence-electron chi connectivity index (χ1n) is 32.1. The van der Waals surface area contributed by atoms with Crippen LogP contribution in [0.3, 0.4) is 0 Å². The van der Waals surface area contributed by atoms with Gasteiger partial charge in [0.05, 0.1) is 28.0 Å². The topological polar surface area (TPSA) is 50.9 Å². The molecule has 330 valence electrons. The molecule has 2 heterocycles. The number of para-hydroxylation sites is 1. The molecule has 0 bridgehead atoms. The van der Waals surface area contributed by atoms with E-state index in [0.717, 1.165) is 16.7 Å². The molecule has 4 heteroatoms. The lowest BCUT2D eigenvalue weighted by atomic mass is 9.78. The van der Waals surface area contributed by atoms with Gasteiger partial charge in [-0.15, -0.1) is 0 Å². The Bertz CT molecular complexity index is 3950. The van der Waals surface area contributed by atoms with Crippen LogP contribution in [0.15, 0.2) is 170 Å². The third-order valence-corrected chi connectivity index (χ3v) is 12.5. The SMILES string of the molecule is [2H]C([2H])([2H])c1ccc(-c2ccnc(-c3cc(-c4ccccc4)cc(-c4cccc5c4nc(-c4cc(C(C([2H])([2H])[2H])(C([2H])([2H])[2H])C([2H])([2H])[2H])cc(C(C([2H])([2H])[2H])(C([2H])([2H])[2H])C([2H])([2H])[2H])c4O)n5-c4ccc(C(C)(C)CC)cc4-c4ccccc4)c3)c2)cc1. The molecule has 0 spiro atoms. The molecule has 0 aliphatic carbocycles. The number of aryl methyl sites for hydroxylation is 1. The molecule has 0 saturated heterocycles. The number of imidazole rings is 1. The number of aromatic hydroxyl groups is 1. The van der Waals surface area contributed by atoms with Gasteiger partial charge in [-0.1, -0.05) is 177 Å². The smallest absolute Gasteiger partial charge is 0.149 e.